The summed E-state index contributed by atoms with van der Waals surface area (Å²) in [5.74, 6) is 0. The van der Waals surface area contributed by atoms with Crippen LogP contribution in [0.25, 0.3) is 0 Å². The summed E-state index contributed by atoms with van der Waals surface area (Å²) in [7, 11) is 0. The van der Waals surface area contributed by atoms with E-state index in [0.717, 1.165) is 31.2 Å². The smallest absolute Gasteiger partial charge is 0.180 e. The average Bonchev–Trinajstić information content (AvgIpc) is 2.20. The van der Waals surface area contributed by atoms with Crippen LogP contribution in [0.1, 0.15) is 0 Å². The Balaban J connectivity index is 2.10. The van der Waals surface area contributed by atoms with Crippen molar-refractivity contribution in [2.75, 3.05) is 26.2 Å². The molecule has 0 aliphatic carbocycles. The first-order valence-electron chi connectivity index (χ1n) is 4.57. The third kappa shape index (κ3) is 2.21. The Hall–Kier alpha value is -0.570. The monoisotopic (exact) mass is 196 g/mol. The third-order valence-corrected chi connectivity index (χ3v) is 2.56. The van der Waals surface area contributed by atoms with Crippen molar-refractivity contribution in [3.63, 3.8) is 0 Å². The Kier molecular flexibility index (Phi) is 2.83. The molecule has 1 saturated heterocycles. The van der Waals surface area contributed by atoms with Gasteiger partial charge in [-0.2, -0.15) is 0 Å². The van der Waals surface area contributed by atoms with E-state index in [-0.39, 0.29) is 0 Å². The van der Waals surface area contributed by atoms with Crippen LogP contribution in [0.5, 0.6) is 0 Å². The maximum atomic E-state index is 5.82. The van der Waals surface area contributed by atoms with Gasteiger partial charge in [0.05, 0.1) is 13.1 Å². The van der Waals surface area contributed by atoms with Crippen LogP contribution in [0.15, 0.2) is 24.3 Å². The summed E-state index contributed by atoms with van der Waals surface area (Å²) < 4.78 is 0. The SMILES string of the molecule is Clc1ccc([N+]2CCNCC2)cc1. The highest BCUT2D eigenvalue weighted by atomic mass is 35.5. The predicted molar refractivity (Wildman–Crippen MR) is 55.8 cm³/mol. The molecule has 0 aromatic heterocycles. The third-order valence-electron chi connectivity index (χ3n) is 2.31. The van der Waals surface area contributed by atoms with Gasteiger partial charge in [0, 0.05) is 17.2 Å². The minimum atomic E-state index is 0.805. The number of hydrogen-bond donors (Lipinski definition) is 1. The van der Waals surface area contributed by atoms with Gasteiger partial charge in [0.15, 0.2) is 5.69 Å². The maximum absolute atomic E-state index is 5.82. The first-order valence-corrected chi connectivity index (χ1v) is 4.95. The summed E-state index contributed by atoms with van der Waals surface area (Å²) >= 11 is 5.82. The van der Waals surface area contributed by atoms with Gasteiger partial charge in [0.1, 0.15) is 13.1 Å². The second-order valence-electron chi connectivity index (χ2n) is 3.21. The molecule has 1 radical (unpaired) electrons. The Morgan fingerprint density at radius 1 is 1.08 bits per heavy atom. The molecule has 1 aliphatic heterocycles. The molecule has 2 nitrogen and oxygen atoms in total. The zero-order valence-electron chi connectivity index (χ0n) is 7.46. The van der Waals surface area contributed by atoms with Crippen molar-refractivity contribution in [1.82, 2.24) is 10.2 Å². The van der Waals surface area contributed by atoms with E-state index in [1.54, 1.807) is 0 Å². The highest BCUT2D eigenvalue weighted by molar-refractivity contribution is 6.30. The van der Waals surface area contributed by atoms with Crippen LogP contribution >= 0.6 is 11.6 Å². The minimum absolute atomic E-state index is 0.805. The van der Waals surface area contributed by atoms with Crippen molar-refractivity contribution in [3.8, 4) is 0 Å². The van der Waals surface area contributed by atoms with Crippen LogP contribution in [0, 0.1) is 0 Å². The topological polar surface area (TPSA) is 17.9 Å². The first-order chi connectivity index (χ1) is 6.36. The Morgan fingerprint density at radius 3 is 2.31 bits per heavy atom. The van der Waals surface area contributed by atoms with E-state index in [0.29, 0.717) is 0 Å². The maximum Gasteiger partial charge on any atom is 0.180 e. The summed E-state index contributed by atoms with van der Waals surface area (Å²) in [5, 5.41) is 4.13. The van der Waals surface area contributed by atoms with Gasteiger partial charge in [-0.05, 0) is 12.1 Å². The Labute approximate surface area is 83.5 Å². The largest absolute Gasteiger partial charge is 0.306 e. The number of anilines is 1. The Morgan fingerprint density at radius 2 is 1.69 bits per heavy atom. The molecule has 69 valence electrons. The van der Waals surface area contributed by atoms with Gasteiger partial charge in [0.2, 0.25) is 0 Å². The van der Waals surface area contributed by atoms with Gasteiger partial charge >= 0.3 is 0 Å². The average molecular weight is 197 g/mol. The molecule has 0 saturated carbocycles. The van der Waals surface area contributed by atoms with Crippen LogP contribution < -0.4 is 10.2 Å². The molecule has 0 spiro atoms. The summed E-state index contributed by atoms with van der Waals surface area (Å²) in [4.78, 5) is 2.37. The van der Waals surface area contributed by atoms with Crippen molar-refractivity contribution in [1.29, 1.82) is 0 Å². The van der Waals surface area contributed by atoms with Crippen molar-refractivity contribution < 1.29 is 0 Å². The molecule has 1 fully saturated rings. The van der Waals surface area contributed by atoms with Crippen LogP contribution in [0.4, 0.5) is 5.69 Å². The van der Waals surface area contributed by atoms with Gasteiger partial charge in [-0.1, -0.05) is 11.6 Å². The second-order valence-corrected chi connectivity index (χ2v) is 3.65. The lowest BCUT2D eigenvalue weighted by Gasteiger charge is -2.17. The zero-order chi connectivity index (χ0) is 9.10. The fourth-order valence-electron chi connectivity index (χ4n) is 1.57. The number of nitrogens with one attached hydrogen (secondary N) is 1. The van der Waals surface area contributed by atoms with E-state index in [1.165, 1.54) is 5.69 Å². The molecule has 1 heterocycles. The summed E-state index contributed by atoms with van der Waals surface area (Å²) in [5.41, 5.74) is 1.27. The van der Waals surface area contributed by atoms with E-state index < -0.39 is 0 Å². The number of piperazine rings is 1. The number of rotatable bonds is 1. The van der Waals surface area contributed by atoms with E-state index in [1.807, 2.05) is 12.1 Å². The molecule has 1 aromatic carbocycles. The van der Waals surface area contributed by atoms with Crippen molar-refractivity contribution in [2.24, 2.45) is 0 Å². The van der Waals surface area contributed by atoms with Crippen LogP contribution in [-0.4, -0.2) is 26.2 Å². The quantitative estimate of drug-likeness (QED) is 0.678. The zero-order valence-corrected chi connectivity index (χ0v) is 8.22. The number of benzene rings is 1. The molecule has 0 bridgehead atoms. The number of nitrogens with zero attached hydrogens (tertiary/aromatic N) is 1. The molecule has 1 N–H and O–H groups in total. The number of halogens is 1. The van der Waals surface area contributed by atoms with Gasteiger partial charge < -0.3 is 5.32 Å². The summed E-state index contributed by atoms with van der Waals surface area (Å²) in [6.45, 7) is 4.31. The van der Waals surface area contributed by atoms with E-state index >= 15 is 0 Å². The molecule has 1 aliphatic rings. The summed E-state index contributed by atoms with van der Waals surface area (Å²) in [6, 6.07) is 8.04. The lowest BCUT2D eigenvalue weighted by molar-refractivity contribution is 0.439. The first kappa shape index (κ1) is 9.00. The highest BCUT2D eigenvalue weighted by Crippen LogP contribution is 2.17. The fraction of sp³-hybridized carbons (Fsp3) is 0.400. The number of hydrogen-bond acceptors (Lipinski definition) is 2. The molecule has 0 amide bonds. The molecule has 0 unspecified atom stereocenters. The molecular weight excluding hydrogens is 184 g/mol. The molecule has 3 heteroatoms. The van der Waals surface area contributed by atoms with Crippen molar-refractivity contribution in [2.45, 2.75) is 0 Å². The molecule has 0 atom stereocenters. The lowest BCUT2D eigenvalue weighted by Crippen LogP contribution is -2.44. The molecular formula is C10H13ClN2+. The predicted octanol–water partition coefficient (Wildman–Crippen LogP) is 1.71. The van der Waals surface area contributed by atoms with Crippen LogP contribution in [0.2, 0.25) is 5.02 Å². The van der Waals surface area contributed by atoms with Crippen molar-refractivity contribution >= 4 is 17.3 Å². The second kappa shape index (κ2) is 4.09. The van der Waals surface area contributed by atoms with Crippen molar-refractivity contribution in [3.05, 3.63) is 29.3 Å². The van der Waals surface area contributed by atoms with Gasteiger partial charge in [-0.3, -0.25) is 0 Å². The Bertz CT molecular complexity index is 265. The normalized spacial score (nSPS) is 18.8. The van der Waals surface area contributed by atoms with E-state index in [4.69, 9.17) is 11.6 Å². The standard InChI is InChI=1S/C10H13ClN2/c11-9-1-3-10(4-2-9)13-7-5-12-6-8-13/h1-4,12H,5-8H2/q+1. The van der Waals surface area contributed by atoms with E-state index in [2.05, 4.69) is 22.3 Å². The fourth-order valence-corrected chi connectivity index (χ4v) is 1.70. The lowest BCUT2D eigenvalue weighted by atomic mass is 10.2. The highest BCUT2D eigenvalue weighted by Gasteiger charge is 2.20. The molecule has 13 heavy (non-hydrogen) atoms. The summed E-state index contributed by atoms with van der Waals surface area (Å²) in [6.07, 6.45) is 0. The van der Waals surface area contributed by atoms with E-state index in [9.17, 15) is 0 Å². The van der Waals surface area contributed by atoms with Crippen LogP contribution in [0.3, 0.4) is 0 Å². The molecule has 2 rings (SSSR count). The van der Waals surface area contributed by atoms with Crippen LogP contribution in [-0.2, 0) is 0 Å². The van der Waals surface area contributed by atoms with Gasteiger partial charge in [-0.15, -0.1) is 4.90 Å². The molecule has 1 aromatic rings. The minimum Gasteiger partial charge on any atom is -0.306 e. The van der Waals surface area contributed by atoms with Gasteiger partial charge in [0.25, 0.3) is 0 Å². The van der Waals surface area contributed by atoms with Gasteiger partial charge in [-0.25, -0.2) is 0 Å².